The van der Waals surface area contributed by atoms with Crippen molar-refractivity contribution < 1.29 is 4.79 Å². The normalized spacial score (nSPS) is 13.7. The van der Waals surface area contributed by atoms with Crippen LogP contribution in [0.4, 0.5) is 11.5 Å². The van der Waals surface area contributed by atoms with E-state index in [0.717, 1.165) is 25.1 Å². The fraction of sp³-hybridized carbons (Fsp3) is 0.250. The number of nitrogens with zero attached hydrogens (tertiary/aromatic N) is 2. The number of halogens is 1. The first-order valence-corrected chi connectivity index (χ1v) is 7.32. The summed E-state index contributed by atoms with van der Waals surface area (Å²) in [6.07, 6.45) is 1.99. The molecule has 4 nitrogen and oxygen atoms in total. The molecular formula is C16H16ClN3O. The van der Waals surface area contributed by atoms with E-state index < -0.39 is 0 Å². The van der Waals surface area contributed by atoms with Crippen molar-refractivity contribution in [2.24, 2.45) is 0 Å². The SMILES string of the molecule is CNc1cc(C(=O)N2CCCc3ccccc32)cc(Cl)n1. The van der Waals surface area contributed by atoms with Gasteiger partial charge in [0.25, 0.3) is 5.91 Å². The molecule has 3 rings (SSSR count). The largest absolute Gasteiger partial charge is 0.373 e. The molecule has 0 aliphatic carbocycles. The highest BCUT2D eigenvalue weighted by atomic mass is 35.5. The van der Waals surface area contributed by atoms with Gasteiger partial charge in [-0.1, -0.05) is 29.8 Å². The van der Waals surface area contributed by atoms with E-state index in [1.165, 1.54) is 5.56 Å². The molecule has 1 aliphatic rings. The number of hydrogen-bond donors (Lipinski definition) is 1. The summed E-state index contributed by atoms with van der Waals surface area (Å²) in [5, 5.41) is 3.23. The van der Waals surface area contributed by atoms with Crippen molar-refractivity contribution in [2.45, 2.75) is 12.8 Å². The van der Waals surface area contributed by atoms with Crippen LogP contribution in [0.3, 0.4) is 0 Å². The van der Waals surface area contributed by atoms with Crippen LogP contribution in [0, 0.1) is 0 Å². The van der Waals surface area contributed by atoms with Crippen LogP contribution in [-0.4, -0.2) is 24.5 Å². The number of rotatable bonds is 2. The van der Waals surface area contributed by atoms with Gasteiger partial charge in [0, 0.05) is 24.8 Å². The van der Waals surface area contributed by atoms with Gasteiger partial charge in [0.1, 0.15) is 11.0 Å². The van der Waals surface area contributed by atoms with Crippen molar-refractivity contribution in [3.05, 3.63) is 52.7 Å². The Balaban J connectivity index is 1.98. The molecule has 2 heterocycles. The molecule has 108 valence electrons. The van der Waals surface area contributed by atoms with Crippen molar-refractivity contribution in [1.29, 1.82) is 0 Å². The highest BCUT2D eigenvalue weighted by Gasteiger charge is 2.23. The van der Waals surface area contributed by atoms with E-state index in [0.29, 0.717) is 16.5 Å². The molecule has 0 fully saturated rings. The molecule has 2 aromatic rings. The number of anilines is 2. The van der Waals surface area contributed by atoms with Gasteiger partial charge >= 0.3 is 0 Å². The van der Waals surface area contributed by atoms with Gasteiger partial charge in [-0.25, -0.2) is 4.98 Å². The van der Waals surface area contributed by atoms with Crippen LogP contribution in [-0.2, 0) is 6.42 Å². The third kappa shape index (κ3) is 2.72. The lowest BCUT2D eigenvalue weighted by atomic mass is 10.0. The monoisotopic (exact) mass is 301 g/mol. The Morgan fingerprint density at radius 2 is 2.14 bits per heavy atom. The zero-order valence-corrected chi connectivity index (χ0v) is 12.5. The van der Waals surface area contributed by atoms with Crippen molar-refractivity contribution in [1.82, 2.24) is 4.98 Å². The van der Waals surface area contributed by atoms with Gasteiger partial charge in [0.15, 0.2) is 0 Å². The summed E-state index contributed by atoms with van der Waals surface area (Å²) in [5.41, 5.74) is 2.76. The molecule has 0 saturated carbocycles. The van der Waals surface area contributed by atoms with Crippen molar-refractivity contribution in [3.63, 3.8) is 0 Å². The Hall–Kier alpha value is -2.07. The number of para-hydroxylation sites is 1. The first-order valence-electron chi connectivity index (χ1n) is 6.94. The molecule has 0 radical (unpaired) electrons. The molecule has 21 heavy (non-hydrogen) atoms. The highest BCUT2D eigenvalue weighted by molar-refractivity contribution is 6.30. The molecule has 1 aliphatic heterocycles. The number of carbonyl (C=O) groups is 1. The average molecular weight is 302 g/mol. The number of nitrogens with one attached hydrogen (secondary N) is 1. The summed E-state index contributed by atoms with van der Waals surface area (Å²) in [5.74, 6) is 0.555. The second-order valence-electron chi connectivity index (χ2n) is 5.00. The van der Waals surface area contributed by atoms with Crippen LogP contribution in [0.2, 0.25) is 5.15 Å². The Morgan fingerprint density at radius 1 is 1.33 bits per heavy atom. The smallest absolute Gasteiger partial charge is 0.258 e. The molecule has 0 saturated heterocycles. The summed E-state index contributed by atoms with van der Waals surface area (Å²) in [6.45, 7) is 0.727. The Kier molecular flexibility index (Phi) is 3.80. The molecule has 5 heteroatoms. The summed E-state index contributed by atoms with van der Waals surface area (Å²) >= 11 is 5.99. The van der Waals surface area contributed by atoms with E-state index >= 15 is 0 Å². The molecule has 0 unspecified atom stereocenters. The van der Waals surface area contributed by atoms with Crippen LogP contribution < -0.4 is 10.2 Å². The topological polar surface area (TPSA) is 45.2 Å². The predicted molar refractivity (Wildman–Crippen MR) is 85.2 cm³/mol. The van der Waals surface area contributed by atoms with E-state index in [1.54, 1.807) is 19.2 Å². The van der Waals surface area contributed by atoms with E-state index in [1.807, 2.05) is 23.1 Å². The number of amides is 1. The summed E-state index contributed by atoms with van der Waals surface area (Å²) in [7, 11) is 1.75. The standard InChI is InChI=1S/C16H16ClN3O/c1-18-15-10-12(9-14(17)19-15)16(21)20-8-4-6-11-5-2-3-7-13(11)20/h2-3,5,7,9-10H,4,6,8H2,1H3,(H,18,19). The van der Waals surface area contributed by atoms with Gasteiger partial charge in [-0.3, -0.25) is 4.79 Å². The zero-order chi connectivity index (χ0) is 14.8. The fourth-order valence-corrected chi connectivity index (χ4v) is 2.86. The average Bonchev–Trinajstić information content (AvgIpc) is 2.53. The zero-order valence-electron chi connectivity index (χ0n) is 11.8. The third-order valence-corrected chi connectivity index (χ3v) is 3.85. The molecule has 1 amide bonds. The number of pyridine rings is 1. The Bertz CT molecular complexity index is 687. The number of hydrogen-bond acceptors (Lipinski definition) is 3. The quantitative estimate of drug-likeness (QED) is 0.865. The number of aryl methyl sites for hydroxylation is 1. The number of fused-ring (bicyclic) bond motifs is 1. The van der Waals surface area contributed by atoms with Crippen molar-refractivity contribution >= 4 is 29.0 Å². The molecular weight excluding hydrogens is 286 g/mol. The number of benzene rings is 1. The van der Waals surface area contributed by atoms with Crippen LogP contribution in [0.5, 0.6) is 0 Å². The molecule has 1 aromatic carbocycles. The maximum Gasteiger partial charge on any atom is 0.258 e. The maximum absolute atomic E-state index is 12.8. The number of carbonyl (C=O) groups excluding carboxylic acids is 1. The lowest BCUT2D eigenvalue weighted by Gasteiger charge is -2.29. The molecule has 0 bridgehead atoms. The van der Waals surface area contributed by atoms with Crippen LogP contribution in [0.15, 0.2) is 36.4 Å². The molecule has 0 spiro atoms. The summed E-state index contributed by atoms with van der Waals surface area (Å²) in [4.78, 5) is 18.7. The summed E-state index contributed by atoms with van der Waals surface area (Å²) < 4.78 is 0. The first kappa shape index (κ1) is 13.9. The van der Waals surface area contributed by atoms with Gasteiger partial charge in [0.05, 0.1) is 0 Å². The van der Waals surface area contributed by atoms with E-state index in [9.17, 15) is 4.79 Å². The molecule has 1 N–H and O–H groups in total. The Labute approximate surface area is 128 Å². The predicted octanol–water partition coefficient (Wildman–Crippen LogP) is 3.37. The lowest BCUT2D eigenvalue weighted by Crippen LogP contribution is -2.35. The van der Waals surface area contributed by atoms with Gasteiger partial charge in [0.2, 0.25) is 0 Å². The highest BCUT2D eigenvalue weighted by Crippen LogP contribution is 2.28. The van der Waals surface area contributed by atoms with Crippen LogP contribution >= 0.6 is 11.6 Å². The van der Waals surface area contributed by atoms with Gasteiger partial charge in [-0.2, -0.15) is 0 Å². The third-order valence-electron chi connectivity index (χ3n) is 3.65. The van der Waals surface area contributed by atoms with Crippen molar-refractivity contribution in [2.75, 3.05) is 23.8 Å². The van der Waals surface area contributed by atoms with E-state index in [-0.39, 0.29) is 5.91 Å². The Morgan fingerprint density at radius 3 is 2.95 bits per heavy atom. The van der Waals surface area contributed by atoms with Crippen LogP contribution in [0.1, 0.15) is 22.3 Å². The minimum absolute atomic E-state index is 0.0389. The van der Waals surface area contributed by atoms with Gasteiger partial charge in [-0.05, 0) is 36.6 Å². The van der Waals surface area contributed by atoms with Gasteiger partial charge in [-0.15, -0.1) is 0 Å². The molecule has 1 aromatic heterocycles. The molecule has 0 atom stereocenters. The minimum Gasteiger partial charge on any atom is -0.373 e. The van der Waals surface area contributed by atoms with E-state index in [4.69, 9.17) is 11.6 Å². The minimum atomic E-state index is -0.0389. The van der Waals surface area contributed by atoms with Crippen molar-refractivity contribution in [3.8, 4) is 0 Å². The van der Waals surface area contributed by atoms with Gasteiger partial charge < -0.3 is 10.2 Å². The van der Waals surface area contributed by atoms with Crippen LogP contribution in [0.25, 0.3) is 0 Å². The fourth-order valence-electron chi connectivity index (χ4n) is 2.65. The van der Waals surface area contributed by atoms with E-state index in [2.05, 4.69) is 16.4 Å². The lowest BCUT2D eigenvalue weighted by molar-refractivity contribution is 0.0985. The second kappa shape index (κ2) is 5.74. The first-order chi connectivity index (χ1) is 10.2. The second-order valence-corrected chi connectivity index (χ2v) is 5.39. The summed E-state index contributed by atoms with van der Waals surface area (Å²) in [6, 6.07) is 11.4. The maximum atomic E-state index is 12.8. The number of aromatic nitrogens is 1.